The molecule has 1 aromatic carbocycles. The van der Waals surface area contributed by atoms with E-state index in [1.165, 1.54) is 12.1 Å². The number of hydrogen-bond donors (Lipinski definition) is 4. The molecule has 1 aliphatic carbocycles. The Hall–Kier alpha value is -2.13. The molecule has 1 aliphatic rings. The number of primary sulfonamides is 1. The van der Waals surface area contributed by atoms with Crippen LogP contribution in [0.5, 0.6) is 0 Å². The molecule has 1 aromatic rings. The number of carbonyl (C=O) groups is 2. The van der Waals surface area contributed by atoms with Crippen molar-refractivity contribution in [2.24, 2.45) is 11.1 Å². The van der Waals surface area contributed by atoms with Gasteiger partial charge in [-0.1, -0.05) is 12.1 Å². The van der Waals surface area contributed by atoms with Crippen LogP contribution in [0.2, 0.25) is 0 Å². The maximum absolute atomic E-state index is 12.0. The van der Waals surface area contributed by atoms with Crippen molar-refractivity contribution in [1.29, 1.82) is 0 Å². The van der Waals surface area contributed by atoms with Crippen molar-refractivity contribution in [3.8, 4) is 0 Å². The molecule has 0 bridgehead atoms. The molecule has 0 unspecified atom stereocenters. The van der Waals surface area contributed by atoms with Gasteiger partial charge in [-0.15, -0.1) is 0 Å². The minimum Gasteiger partial charge on any atom is -0.359 e. The van der Waals surface area contributed by atoms with Crippen LogP contribution in [0.3, 0.4) is 0 Å². The van der Waals surface area contributed by atoms with E-state index >= 15 is 0 Å². The summed E-state index contributed by atoms with van der Waals surface area (Å²) in [5, 5.41) is 13.3. The van der Waals surface area contributed by atoms with E-state index in [0.717, 1.165) is 25.7 Å². The average molecular weight is 368 g/mol. The van der Waals surface area contributed by atoms with Crippen LogP contribution < -0.4 is 21.1 Å². The normalized spacial score (nSPS) is 20.6. The van der Waals surface area contributed by atoms with Crippen LogP contribution in [0.1, 0.15) is 31.2 Å². The Kier molecular flexibility index (Phi) is 6.38. The second kappa shape index (κ2) is 8.30. The highest BCUT2D eigenvalue weighted by molar-refractivity contribution is 7.89. The topological polar surface area (TPSA) is 130 Å². The van der Waals surface area contributed by atoms with Gasteiger partial charge in [0.05, 0.1) is 4.90 Å². The molecule has 0 spiro atoms. The molecular weight excluding hydrogens is 344 g/mol. The molecule has 1 fully saturated rings. The Morgan fingerprint density at radius 1 is 1.20 bits per heavy atom. The van der Waals surface area contributed by atoms with Gasteiger partial charge in [0.15, 0.2) is 0 Å². The van der Waals surface area contributed by atoms with Gasteiger partial charge in [-0.3, -0.25) is 4.79 Å². The first-order chi connectivity index (χ1) is 11.8. The molecule has 3 amide bonds. The summed E-state index contributed by atoms with van der Waals surface area (Å²) in [7, 11) is -2.13. The highest BCUT2D eigenvalue weighted by atomic mass is 32.2. The molecule has 0 aliphatic heterocycles. The maximum atomic E-state index is 12.0. The standard InChI is InChI=1S/C16H24N4O4S/c1-18-15(21)12-5-7-13(8-6-12)20-16(22)19-10-11-3-2-4-14(9-11)25(17,23)24/h2-4,9,12-13H,5-8,10H2,1H3,(H,18,21)(H2,17,23,24)(H2,19,20,22). The number of amides is 3. The van der Waals surface area contributed by atoms with Gasteiger partial charge in [-0.2, -0.15) is 0 Å². The van der Waals surface area contributed by atoms with E-state index in [2.05, 4.69) is 16.0 Å². The molecule has 1 saturated carbocycles. The van der Waals surface area contributed by atoms with Crippen LogP contribution in [-0.2, 0) is 21.4 Å². The first-order valence-electron chi connectivity index (χ1n) is 8.17. The Bertz CT molecular complexity index is 727. The van der Waals surface area contributed by atoms with Crippen LogP contribution in [0.25, 0.3) is 0 Å². The third kappa shape index (κ3) is 5.71. The molecule has 0 heterocycles. The number of urea groups is 1. The third-order valence-corrected chi connectivity index (χ3v) is 5.27. The van der Waals surface area contributed by atoms with Crippen molar-refractivity contribution in [3.05, 3.63) is 29.8 Å². The lowest BCUT2D eigenvalue weighted by Crippen LogP contribution is -2.44. The largest absolute Gasteiger partial charge is 0.359 e. The fourth-order valence-electron chi connectivity index (χ4n) is 2.96. The molecule has 25 heavy (non-hydrogen) atoms. The molecular formula is C16H24N4O4S. The van der Waals surface area contributed by atoms with Gasteiger partial charge in [0, 0.05) is 25.6 Å². The summed E-state index contributed by atoms with van der Waals surface area (Å²) in [6.07, 6.45) is 3.01. The van der Waals surface area contributed by atoms with E-state index in [1.54, 1.807) is 19.2 Å². The van der Waals surface area contributed by atoms with Crippen molar-refractivity contribution >= 4 is 22.0 Å². The van der Waals surface area contributed by atoms with E-state index in [9.17, 15) is 18.0 Å². The molecule has 5 N–H and O–H groups in total. The SMILES string of the molecule is CNC(=O)C1CCC(NC(=O)NCc2cccc(S(N)(=O)=O)c2)CC1. The lowest BCUT2D eigenvalue weighted by atomic mass is 9.85. The number of sulfonamides is 1. The Labute approximate surface area is 147 Å². The summed E-state index contributed by atoms with van der Waals surface area (Å²) in [6.45, 7) is 0.197. The van der Waals surface area contributed by atoms with E-state index < -0.39 is 10.0 Å². The van der Waals surface area contributed by atoms with Crippen molar-refractivity contribution in [2.75, 3.05) is 7.05 Å². The van der Waals surface area contributed by atoms with E-state index in [1.807, 2.05) is 0 Å². The molecule has 0 atom stereocenters. The molecule has 0 radical (unpaired) electrons. The van der Waals surface area contributed by atoms with Gasteiger partial charge in [0.25, 0.3) is 0 Å². The fraction of sp³-hybridized carbons (Fsp3) is 0.500. The smallest absolute Gasteiger partial charge is 0.315 e. The summed E-state index contributed by atoms with van der Waals surface area (Å²) < 4.78 is 22.7. The van der Waals surface area contributed by atoms with Crippen LogP contribution in [-0.4, -0.2) is 33.4 Å². The van der Waals surface area contributed by atoms with Crippen molar-refractivity contribution < 1.29 is 18.0 Å². The zero-order valence-corrected chi connectivity index (χ0v) is 14.9. The lowest BCUT2D eigenvalue weighted by molar-refractivity contribution is -0.125. The molecule has 0 aromatic heterocycles. The van der Waals surface area contributed by atoms with Gasteiger partial charge in [0.1, 0.15) is 0 Å². The number of carbonyl (C=O) groups excluding carboxylic acids is 2. The van der Waals surface area contributed by atoms with Crippen LogP contribution in [0.4, 0.5) is 4.79 Å². The maximum Gasteiger partial charge on any atom is 0.315 e. The number of hydrogen-bond acceptors (Lipinski definition) is 4. The monoisotopic (exact) mass is 368 g/mol. The number of benzene rings is 1. The minimum absolute atomic E-state index is 0.0136. The van der Waals surface area contributed by atoms with Crippen LogP contribution >= 0.6 is 0 Å². The summed E-state index contributed by atoms with van der Waals surface area (Å²) in [5.41, 5.74) is 0.644. The van der Waals surface area contributed by atoms with E-state index in [-0.39, 0.29) is 35.3 Å². The number of nitrogens with two attached hydrogens (primary N) is 1. The molecule has 138 valence electrons. The van der Waals surface area contributed by atoms with E-state index in [0.29, 0.717) is 5.56 Å². The van der Waals surface area contributed by atoms with Gasteiger partial charge in [-0.25, -0.2) is 18.4 Å². The second-order valence-corrected chi connectivity index (χ2v) is 7.74. The van der Waals surface area contributed by atoms with Gasteiger partial charge >= 0.3 is 6.03 Å². The predicted octanol–water partition coefficient (Wildman–Crippen LogP) is 0.438. The highest BCUT2D eigenvalue weighted by Gasteiger charge is 2.26. The predicted molar refractivity (Wildman–Crippen MR) is 93.0 cm³/mol. The average Bonchev–Trinajstić information content (AvgIpc) is 2.59. The quantitative estimate of drug-likeness (QED) is 0.600. The third-order valence-electron chi connectivity index (χ3n) is 4.36. The molecule has 8 nitrogen and oxygen atoms in total. The highest BCUT2D eigenvalue weighted by Crippen LogP contribution is 2.24. The van der Waals surface area contributed by atoms with Crippen molar-refractivity contribution in [2.45, 2.75) is 43.2 Å². The minimum atomic E-state index is -3.76. The zero-order chi connectivity index (χ0) is 18.4. The summed E-state index contributed by atoms with van der Waals surface area (Å²) >= 11 is 0. The van der Waals surface area contributed by atoms with E-state index in [4.69, 9.17) is 5.14 Å². The van der Waals surface area contributed by atoms with Crippen LogP contribution in [0.15, 0.2) is 29.2 Å². The fourth-order valence-corrected chi connectivity index (χ4v) is 3.54. The van der Waals surface area contributed by atoms with Crippen molar-refractivity contribution in [3.63, 3.8) is 0 Å². The summed E-state index contributed by atoms with van der Waals surface area (Å²) in [4.78, 5) is 23.6. The molecule has 2 rings (SSSR count). The number of rotatable bonds is 5. The second-order valence-electron chi connectivity index (χ2n) is 6.18. The Morgan fingerprint density at radius 2 is 1.88 bits per heavy atom. The Balaban J connectivity index is 1.79. The van der Waals surface area contributed by atoms with Crippen molar-refractivity contribution in [1.82, 2.24) is 16.0 Å². The molecule has 9 heteroatoms. The first kappa shape index (κ1) is 19.2. The Morgan fingerprint density at radius 3 is 2.48 bits per heavy atom. The summed E-state index contributed by atoms with van der Waals surface area (Å²) in [6, 6.07) is 5.85. The first-order valence-corrected chi connectivity index (χ1v) is 9.72. The lowest BCUT2D eigenvalue weighted by Gasteiger charge is -2.28. The zero-order valence-electron chi connectivity index (χ0n) is 14.1. The van der Waals surface area contributed by atoms with Gasteiger partial charge in [-0.05, 0) is 43.4 Å². The van der Waals surface area contributed by atoms with Gasteiger partial charge < -0.3 is 16.0 Å². The summed E-state index contributed by atoms with van der Waals surface area (Å²) in [5.74, 6) is 0.0738. The number of nitrogens with one attached hydrogen (secondary N) is 3. The van der Waals surface area contributed by atoms with Gasteiger partial charge in [0.2, 0.25) is 15.9 Å². The van der Waals surface area contributed by atoms with Crippen LogP contribution in [0, 0.1) is 5.92 Å². The molecule has 0 saturated heterocycles.